The summed E-state index contributed by atoms with van der Waals surface area (Å²) in [4.78, 5) is 8.40. The first-order chi connectivity index (χ1) is 8.61. The first-order valence-corrected chi connectivity index (χ1v) is 6.11. The summed E-state index contributed by atoms with van der Waals surface area (Å²) in [6.07, 6.45) is 3.65. The van der Waals surface area contributed by atoms with E-state index >= 15 is 0 Å². The third-order valence-electron chi connectivity index (χ3n) is 3.06. The highest BCUT2D eigenvalue weighted by Crippen LogP contribution is 2.23. The molecule has 0 saturated heterocycles. The molecule has 0 saturated carbocycles. The van der Waals surface area contributed by atoms with Gasteiger partial charge >= 0.3 is 0 Å². The Morgan fingerprint density at radius 2 is 2.22 bits per heavy atom. The topological polar surface area (TPSA) is 82.8 Å². The van der Waals surface area contributed by atoms with Crippen molar-refractivity contribution in [1.82, 2.24) is 19.7 Å². The van der Waals surface area contributed by atoms with Gasteiger partial charge in [-0.3, -0.25) is 0 Å². The van der Waals surface area contributed by atoms with Gasteiger partial charge in [0.25, 0.3) is 0 Å². The molecular weight excluding hydrogens is 230 g/mol. The summed E-state index contributed by atoms with van der Waals surface area (Å²) >= 11 is 0. The van der Waals surface area contributed by atoms with Crippen molar-refractivity contribution in [3.8, 4) is 0 Å². The maximum absolute atomic E-state index is 5.84. The number of hydrogen-bond donors (Lipinski definition) is 1. The Morgan fingerprint density at radius 3 is 2.78 bits per heavy atom. The number of rotatable bonds is 5. The minimum atomic E-state index is 0.292. The summed E-state index contributed by atoms with van der Waals surface area (Å²) < 4.78 is 7.00. The van der Waals surface area contributed by atoms with Gasteiger partial charge in [0.05, 0.1) is 12.9 Å². The molecule has 0 radical (unpaired) electrons. The van der Waals surface area contributed by atoms with E-state index < -0.39 is 0 Å². The van der Waals surface area contributed by atoms with Gasteiger partial charge in [-0.2, -0.15) is 4.98 Å². The smallest absolute Gasteiger partial charge is 0.223 e. The molecule has 2 rings (SSSR count). The highest BCUT2D eigenvalue weighted by atomic mass is 16.5. The van der Waals surface area contributed by atoms with E-state index in [0.717, 1.165) is 5.69 Å². The number of aryl methyl sites for hydroxylation is 1. The fourth-order valence-corrected chi connectivity index (χ4v) is 2.06. The molecule has 0 fully saturated rings. The monoisotopic (exact) mass is 249 g/mol. The van der Waals surface area contributed by atoms with Crippen LogP contribution in [0.5, 0.6) is 0 Å². The van der Waals surface area contributed by atoms with Crippen LogP contribution in [0.1, 0.15) is 37.2 Å². The molecule has 0 bridgehead atoms. The van der Waals surface area contributed by atoms with Gasteiger partial charge in [0.15, 0.2) is 5.82 Å². The zero-order chi connectivity index (χ0) is 13.1. The summed E-state index contributed by atoms with van der Waals surface area (Å²) in [5.74, 6) is 2.00. The molecule has 18 heavy (non-hydrogen) atoms. The fourth-order valence-electron chi connectivity index (χ4n) is 2.06. The van der Waals surface area contributed by atoms with E-state index in [1.165, 1.54) is 0 Å². The predicted octanol–water partition coefficient (Wildman–Crippen LogP) is 1.32. The van der Waals surface area contributed by atoms with Crippen LogP contribution in [0.4, 0.5) is 0 Å². The molecule has 0 aliphatic carbocycles. The van der Waals surface area contributed by atoms with Crippen LogP contribution in [0.15, 0.2) is 17.0 Å². The normalized spacial score (nSPS) is 13.2. The molecule has 0 aromatic carbocycles. The fraction of sp³-hybridized carbons (Fsp3) is 0.583. The molecular formula is C12H19N5O. The van der Waals surface area contributed by atoms with Gasteiger partial charge < -0.3 is 14.8 Å². The standard InChI is InChI=1S/C12H19N5O/c1-8(2)10(4-13)11-5-14-7-17(11)6-12-15-9(3)18-16-12/h5,7-8,10H,4,6,13H2,1-3H3. The Bertz CT molecular complexity index is 502. The van der Waals surface area contributed by atoms with Crippen LogP contribution >= 0.6 is 0 Å². The van der Waals surface area contributed by atoms with Gasteiger partial charge in [-0.15, -0.1) is 0 Å². The summed E-state index contributed by atoms with van der Waals surface area (Å²) in [7, 11) is 0. The second-order valence-electron chi connectivity index (χ2n) is 4.76. The Labute approximate surface area is 106 Å². The highest BCUT2D eigenvalue weighted by Gasteiger charge is 2.19. The lowest BCUT2D eigenvalue weighted by molar-refractivity contribution is 0.385. The molecule has 0 aliphatic rings. The third-order valence-corrected chi connectivity index (χ3v) is 3.06. The van der Waals surface area contributed by atoms with Crippen LogP contribution < -0.4 is 5.73 Å². The SMILES string of the molecule is Cc1nc(Cn2cncc2C(CN)C(C)C)no1. The van der Waals surface area contributed by atoms with Gasteiger partial charge in [0.2, 0.25) is 5.89 Å². The van der Waals surface area contributed by atoms with E-state index in [1.54, 1.807) is 13.3 Å². The van der Waals surface area contributed by atoms with Crippen LogP contribution in [0, 0.1) is 12.8 Å². The molecule has 2 aromatic rings. The molecule has 0 amide bonds. The van der Waals surface area contributed by atoms with Crippen LogP contribution in [0.2, 0.25) is 0 Å². The second-order valence-corrected chi connectivity index (χ2v) is 4.76. The molecule has 0 aliphatic heterocycles. The van der Waals surface area contributed by atoms with Gasteiger partial charge in [-0.25, -0.2) is 4.98 Å². The Balaban J connectivity index is 2.22. The Hall–Kier alpha value is -1.69. The summed E-state index contributed by atoms with van der Waals surface area (Å²) in [6, 6.07) is 0. The van der Waals surface area contributed by atoms with Crippen LogP contribution in [0.3, 0.4) is 0 Å². The second kappa shape index (κ2) is 5.30. The first-order valence-electron chi connectivity index (χ1n) is 6.11. The van der Waals surface area contributed by atoms with Crippen molar-refractivity contribution >= 4 is 0 Å². The quantitative estimate of drug-likeness (QED) is 0.864. The minimum Gasteiger partial charge on any atom is -0.340 e. The van der Waals surface area contributed by atoms with Gasteiger partial charge in [0.1, 0.15) is 0 Å². The van der Waals surface area contributed by atoms with Crippen LogP contribution in [0.25, 0.3) is 0 Å². The summed E-state index contributed by atoms with van der Waals surface area (Å²) in [5.41, 5.74) is 6.96. The lowest BCUT2D eigenvalue weighted by atomic mass is 9.93. The van der Waals surface area contributed by atoms with Crippen molar-refractivity contribution < 1.29 is 4.52 Å². The van der Waals surface area contributed by atoms with Crippen molar-refractivity contribution in [2.45, 2.75) is 33.2 Å². The average Bonchev–Trinajstić information content (AvgIpc) is 2.90. The molecule has 6 nitrogen and oxygen atoms in total. The Morgan fingerprint density at radius 1 is 1.44 bits per heavy atom. The van der Waals surface area contributed by atoms with Crippen LogP contribution in [-0.4, -0.2) is 26.2 Å². The van der Waals surface area contributed by atoms with Crippen LogP contribution in [-0.2, 0) is 6.54 Å². The van der Waals surface area contributed by atoms with E-state index in [0.29, 0.717) is 36.6 Å². The summed E-state index contributed by atoms with van der Waals surface area (Å²) in [6.45, 7) is 7.27. The largest absolute Gasteiger partial charge is 0.340 e. The Kier molecular flexibility index (Phi) is 3.76. The number of imidazole rings is 1. The third kappa shape index (κ3) is 2.59. The minimum absolute atomic E-state index is 0.292. The molecule has 1 unspecified atom stereocenters. The number of nitrogens with two attached hydrogens (primary N) is 1. The number of hydrogen-bond acceptors (Lipinski definition) is 5. The molecule has 2 aromatic heterocycles. The van der Waals surface area contributed by atoms with Crippen molar-refractivity contribution in [3.05, 3.63) is 29.9 Å². The predicted molar refractivity (Wildman–Crippen MR) is 67.0 cm³/mol. The summed E-state index contributed by atoms with van der Waals surface area (Å²) in [5, 5.41) is 3.90. The molecule has 0 spiro atoms. The highest BCUT2D eigenvalue weighted by molar-refractivity contribution is 5.09. The molecule has 2 N–H and O–H groups in total. The van der Waals surface area contributed by atoms with Crippen molar-refractivity contribution in [2.24, 2.45) is 11.7 Å². The van der Waals surface area contributed by atoms with Crippen molar-refractivity contribution in [3.63, 3.8) is 0 Å². The zero-order valence-corrected chi connectivity index (χ0v) is 11.0. The van der Waals surface area contributed by atoms with Gasteiger partial charge in [-0.05, 0) is 5.92 Å². The molecule has 2 heterocycles. The van der Waals surface area contributed by atoms with E-state index in [4.69, 9.17) is 10.3 Å². The number of aromatic nitrogens is 4. The average molecular weight is 249 g/mol. The maximum atomic E-state index is 5.84. The lowest BCUT2D eigenvalue weighted by Crippen LogP contribution is -2.21. The number of nitrogens with zero attached hydrogens (tertiary/aromatic N) is 4. The van der Waals surface area contributed by atoms with Gasteiger partial charge in [-0.1, -0.05) is 19.0 Å². The maximum Gasteiger partial charge on any atom is 0.223 e. The van der Waals surface area contributed by atoms with Gasteiger partial charge in [0, 0.05) is 31.3 Å². The molecule has 1 atom stereocenters. The van der Waals surface area contributed by atoms with E-state index in [2.05, 4.69) is 29.0 Å². The molecule has 98 valence electrons. The molecule has 6 heteroatoms. The lowest BCUT2D eigenvalue weighted by Gasteiger charge is -2.20. The zero-order valence-electron chi connectivity index (χ0n) is 11.0. The first kappa shape index (κ1) is 12.8. The van der Waals surface area contributed by atoms with Crippen molar-refractivity contribution in [2.75, 3.05) is 6.54 Å². The van der Waals surface area contributed by atoms with E-state index in [1.807, 2.05) is 10.8 Å². The van der Waals surface area contributed by atoms with E-state index in [9.17, 15) is 0 Å². The van der Waals surface area contributed by atoms with E-state index in [-0.39, 0.29) is 0 Å². The van der Waals surface area contributed by atoms with Crippen molar-refractivity contribution in [1.29, 1.82) is 0 Å².